The lowest BCUT2D eigenvalue weighted by atomic mass is 9.43. The zero-order valence-corrected chi connectivity index (χ0v) is 23.0. The number of carboxylic acid groups (broad SMARTS) is 1. The summed E-state index contributed by atoms with van der Waals surface area (Å²) in [7, 11) is 0. The van der Waals surface area contributed by atoms with Crippen LogP contribution in [0, 0.1) is 39.4 Å². The molecular formula is C30H44O6. The predicted molar refractivity (Wildman–Crippen MR) is 137 cm³/mol. The topological polar surface area (TPSA) is 112 Å². The highest BCUT2D eigenvalue weighted by Gasteiger charge is 2.68. The molecule has 8 atom stereocenters. The van der Waals surface area contributed by atoms with Crippen molar-refractivity contribution in [3.8, 4) is 0 Å². The molecule has 200 valence electrons. The van der Waals surface area contributed by atoms with E-state index in [-0.39, 0.29) is 40.3 Å². The number of carboxylic acids is 1. The summed E-state index contributed by atoms with van der Waals surface area (Å²) in [5.41, 5.74) is 0.282. The summed E-state index contributed by atoms with van der Waals surface area (Å²) in [6.07, 6.45) is 3.92. The fraction of sp³-hybridized carbons (Fsp3) is 0.767. The second kappa shape index (κ2) is 8.62. The molecule has 0 aromatic heterocycles. The molecule has 0 aliphatic heterocycles. The van der Waals surface area contributed by atoms with Gasteiger partial charge in [-0.3, -0.25) is 9.59 Å². The summed E-state index contributed by atoms with van der Waals surface area (Å²) in [4.78, 5) is 38.0. The first kappa shape index (κ1) is 27.3. The molecule has 0 unspecified atom stereocenters. The van der Waals surface area contributed by atoms with E-state index in [9.17, 15) is 24.6 Å². The Balaban J connectivity index is 1.72. The van der Waals surface area contributed by atoms with Gasteiger partial charge in [-0.25, -0.2) is 4.79 Å². The van der Waals surface area contributed by atoms with Gasteiger partial charge in [0, 0.05) is 40.2 Å². The van der Waals surface area contributed by atoms with Gasteiger partial charge in [-0.1, -0.05) is 47.1 Å². The van der Waals surface area contributed by atoms with Crippen LogP contribution >= 0.6 is 0 Å². The van der Waals surface area contributed by atoms with E-state index in [4.69, 9.17) is 5.11 Å². The Kier molecular flexibility index (Phi) is 6.53. The van der Waals surface area contributed by atoms with Gasteiger partial charge in [0.25, 0.3) is 0 Å². The largest absolute Gasteiger partial charge is 0.478 e. The van der Waals surface area contributed by atoms with Crippen LogP contribution in [-0.2, 0) is 14.4 Å². The van der Waals surface area contributed by atoms with Gasteiger partial charge in [0.1, 0.15) is 5.78 Å². The number of aliphatic hydroxyl groups excluding tert-OH is 2. The lowest BCUT2D eigenvalue weighted by molar-refractivity contribution is -0.143. The average Bonchev–Trinajstić information content (AvgIpc) is 2.97. The van der Waals surface area contributed by atoms with E-state index >= 15 is 0 Å². The minimum absolute atomic E-state index is 0.00701. The molecule has 0 spiro atoms. The van der Waals surface area contributed by atoms with Gasteiger partial charge in [0.15, 0.2) is 5.78 Å². The second-order valence-corrected chi connectivity index (χ2v) is 13.5. The van der Waals surface area contributed by atoms with Crippen LogP contribution in [0.15, 0.2) is 22.8 Å². The maximum Gasteiger partial charge on any atom is 0.331 e. The molecule has 36 heavy (non-hydrogen) atoms. The number of hydrogen-bond acceptors (Lipinski definition) is 5. The average molecular weight is 501 g/mol. The molecule has 6 nitrogen and oxygen atoms in total. The SMILES string of the molecule is C/C(=C\[C@H](O)C[C@H](C)[C@H]1C[C@H](O)[C@@]2(C)C3=C(C(=O)C[C@]12C)[C@@]1(C)CCC(=O)C(C)(C)[C@@H]1CC3)C(=O)O. The van der Waals surface area contributed by atoms with E-state index in [1.165, 1.54) is 13.0 Å². The molecule has 2 fully saturated rings. The highest BCUT2D eigenvalue weighted by Crippen LogP contribution is 2.71. The Hall–Kier alpha value is -1.79. The molecule has 2 saturated carbocycles. The number of hydrogen-bond donors (Lipinski definition) is 3. The molecule has 0 aromatic rings. The standard InChI is InChI=1S/C30H44O6/c1-16(12-18(31)13-17(2)26(35)36)20-14-24(34)30(7)19-8-9-22-27(3,4)23(33)10-11-28(22,5)25(19)21(32)15-29(20,30)6/h13,16,18,20,22,24,31,34H,8-12,14-15H2,1-7H3,(H,35,36)/b17-13+/t16-,18+,20+,22-,24-,28-,29+,30+/m0/s1. The highest BCUT2D eigenvalue weighted by atomic mass is 16.4. The van der Waals surface area contributed by atoms with Crippen LogP contribution in [0.3, 0.4) is 0 Å². The van der Waals surface area contributed by atoms with Crippen molar-refractivity contribution >= 4 is 17.5 Å². The van der Waals surface area contributed by atoms with Crippen molar-refractivity contribution < 1.29 is 29.7 Å². The van der Waals surface area contributed by atoms with Crippen LogP contribution < -0.4 is 0 Å². The van der Waals surface area contributed by atoms with E-state index in [0.717, 1.165) is 24.0 Å². The van der Waals surface area contributed by atoms with Crippen molar-refractivity contribution in [1.82, 2.24) is 0 Å². The third-order valence-corrected chi connectivity index (χ3v) is 11.4. The maximum absolute atomic E-state index is 14.0. The summed E-state index contributed by atoms with van der Waals surface area (Å²) in [5.74, 6) is -0.475. The van der Waals surface area contributed by atoms with E-state index in [1.54, 1.807) is 0 Å². The zero-order chi connectivity index (χ0) is 27.0. The Morgan fingerprint density at radius 3 is 2.39 bits per heavy atom. The third kappa shape index (κ3) is 3.61. The summed E-state index contributed by atoms with van der Waals surface area (Å²) in [5, 5.41) is 31.4. The number of carbonyl (C=O) groups excluding carboxylic acids is 2. The van der Waals surface area contributed by atoms with Gasteiger partial charge < -0.3 is 15.3 Å². The van der Waals surface area contributed by atoms with E-state index in [2.05, 4.69) is 20.8 Å². The number of aliphatic hydroxyl groups is 2. The smallest absolute Gasteiger partial charge is 0.331 e. The van der Waals surface area contributed by atoms with Gasteiger partial charge >= 0.3 is 5.97 Å². The van der Waals surface area contributed by atoms with Crippen molar-refractivity contribution in [2.75, 3.05) is 0 Å². The van der Waals surface area contributed by atoms with Gasteiger partial charge in [-0.15, -0.1) is 0 Å². The number of fused-ring (bicyclic) bond motifs is 4. The number of ketones is 2. The van der Waals surface area contributed by atoms with Gasteiger partial charge in [0.2, 0.25) is 0 Å². The first-order valence-electron chi connectivity index (χ1n) is 13.6. The maximum atomic E-state index is 14.0. The number of Topliss-reactive ketones (excluding diaryl/α,β-unsaturated/α-hetero) is 2. The molecule has 0 amide bonds. The van der Waals surface area contributed by atoms with Crippen LogP contribution in [0.5, 0.6) is 0 Å². The fourth-order valence-electron chi connectivity index (χ4n) is 9.22. The minimum Gasteiger partial charge on any atom is -0.478 e. The molecule has 0 heterocycles. The van der Waals surface area contributed by atoms with E-state index in [0.29, 0.717) is 32.1 Å². The van der Waals surface area contributed by atoms with Gasteiger partial charge in [0.05, 0.1) is 12.2 Å². The summed E-state index contributed by atoms with van der Waals surface area (Å²) in [6, 6.07) is 0. The predicted octanol–water partition coefficient (Wildman–Crippen LogP) is 4.87. The molecule has 0 saturated heterocycles. The first-order chi connectivity index (χ1) is 16.5. The molecule has 0 bridgehead atoms. The molecular weight excluding hydrogens is 456 g/mol. The summed E-state index contributed by atoms with van der Waals surface area (Å²) >= 11 is 0. The number of aliphatic carboxylic acids is 1. The molecule has 0 aromatic carbocycles. The van der Waals surface area contributed by atoms with Crippen molar-refractivity contribution in [1.29, 1.82) is 0 Å². The Bertz CT molecular complexity index is 1050. The van der Waals surface area contributed by atoms with Gasteiger partial charge in [-0.05, 0) is 68.3 Å². The normalized spacial score (nSPS) is 41.9. The van der Waals surface area contributed by atoms with Crippen molar-refractivity contribution in [3.05, 3.63) is 22.8 Å². The molecule has 4 rings (SSSR count). The monoisotopic (exact) mass is 500 g/mol. The lowest BCUT2D eigenvalue weighted by Gasteiger charge is -2.60. The fourth-order valence-corrected chi connectivity index (χ4v) is 9.22. The molecule has 6 heteroatoms. The van der Waals surface area contributed by atoms with E-state index < -0.39 is 34.4 Å². The summed E-state index contributed by atoms with van der Waals surface area (Å²) < 4.78 is 0. The molecule has 4 aliphatic carbocycles. The zero-order valence-electron chi connectivity index (χ0n) is 23.0. The van der Waals surface area contributed by atoms with Crippen LogP contribution in [0.4, 0.5) is 0 Å². The van der Waals surface area contributed by atoms with Crippen molar-refractivity contribution in [2.45, 2.75) is 106 Å². The Morgan fingerprint density at radius 1 is 1.14 bits per heavy atom. The molecule has 0 radical (unpaired) electrons. The van der Waals surface area contributed by atoms with Crippen molar-refractivity contribution in [2.24, 2.45) is 39.4 Å². The Morgan fingerprint density at radius 2 is 1.78 bits per heavy atom. The first-order valence-corrected chi connectivity index (χ1v) is 13.6. The molecule has 4 aliphatic rings. The van der Waals surface area contributed by atoms with Crippen LogP contribution in [0.2, 0.25) is 0 Å². The van der Waals surface area contributed by atoms with E-state index in [1.807, 2.05) is 20.8 Å². The second-order valence-electron chi connectivity index (χ2n) is 13.5. The summed E-state index contributed by atoms with van der Waals surface area (Å²) in [6.45, 7) is 14.0. The highest BCUT2D eigenvalue weighted by molar-refractivity contribution is 6.00. The van der Waals surface area contributed by atoms with Crippen LogP contribution in [0.25, 0.3) is 0 Å². The van der Waals surface area contributed by atoms with Crippen LogP contribution in [0.1, 0.15) is 93.4 Å². The minimum atomic E-state index is -1.05. The molecule has 3 N–H and O–H groups in total. The number of allylic oxidation sites excluding steroid dienone is 1. The van der Waals surface area contributed by atoms with Crippen LogP contribution in [-0.4, -0.2) is 45.1 Å². The number of carbonyl (C=O) groups is 3. The quantitative estimate of drug-likeness (QED) is 0.464. The van der Waals surface area contributed by atoms with Crippen molar-refractivity contribution in [3.63, 3.8) is 0 Å². The lowest BCUT2D eigenvalue weighted by Crippen LogP contribution is -2.57. The Labute approximate surface area is 215 Å². The number of rotatable bonds is 5. The van der Waals surface area contributed by atoms with Gasteiger partial charge in [-0.2, -0.15) is 0 Å². The third-order valence-electron chi connectivity index (χ3n) is 11.4.